The molecule has 0 heterocycles. The van der Waals surface area contributed by atoms with Crippen molar-refractivity contribution in [3.8, 4) is 5.75 Å². The van der Waals surface area contributed by atoms with Gasteiger partial charge in [-0.05, 0) is 86.5 Å². The summed E-state index contributed by atoms with van der Waals surface area (Å²) in [5.41, 5.74) is 2.99. The molecule has 0 spiro atoms. The Bertz CT molecular complexity index is 768. The van der Waals surface area contributed by atoms with Crippen LogP contribution in [0.15, 0.2) is 12.1 Å². The molecule has 3 aliphatic rings. The van der Waals surface area contributed by atoms with Crippen LogP contribution in [0.2, 0.25) is 0 Å². The molecule has 0 aliphatic heterocycles. The van der Waals surface area contributed by atoms with E-state index in [4.69, 9.17) is 4.74 Å². The molecule has 0 radical (unpaired) electrons. The van der Waals surface area contributed by atoms with Crippen LogP contribution in [-0.2, 0) is 16.0 Å². The minimum atomic E-state index is -0.172. The number of fused-ring (bicyclic) bond motifs is 5. The largest absolute Gasteiger partial charge is 0.507 e. The quantitative estimate of drug-likeness (QED) is 0.631. The van der Waals surface area contributed by atoms with Crippen LogP contribution < -0.4 is 0 Å². The molecular weight excluding hydrogens is 328 g/mol. The molecule has 2 fully saturated rings. The van der Waals surface area contributed by atoms with Crippen molar-refractivity contribution in [1.82, 2.24) is 0 Å². The zero-order chi connectivity index (χ0) is 18.6. The number of hydrogen-bond acceptors (Lipinski definition) is 4. The first kappa shape index (κ1) is 17.6. The van der Waals surface area contributed by atoms with Crippen LogP contribution in [0.1, 0.15) is 80.3 Å². The molecule has 140 valence electrons. The molecule has 5 unspecified atom stereocenters. The lowest BCUT2D eigenvalue weighted by Crippen LogP contribution is -2.45. The van der Waals surface area contributed by atoms with Crippen LogP contribution >= 0.6 is 0 Å². The highest BCUT2D eigenvalue weighted by Gasteiger charge is 2.56. The monoisotopic (exact) mass is 356 g/mol. The van der Waals surface area contributed by atoms with Gasteiger partial charge in [0.05, 0.1) is 5.56 Å². The third kappa shape index (κ3) is 2.57. The fourth-order valence-corrected chi connectivity index (χ4v) is 6.24. The second-order valence-electron chi connectivity index (χ2n) is 8.76. The molecule has 5 atom stereocenters. The molecule has 0 bridgehead atoms. The summed E-state index contributed by atoms with van der Waals surface area (Å²) in [6.45, 7) is 5.33. The smallest absolute Gasteiger partial charge is 0.302 e. The maximum absolute atomic E-state index is 11.9. The van der Waals surface area contributed by atoms with E-state index in [1.54, 1.807) is 0 Å². The van der Waals surface area contributed by atoms with Gasteiger partial charge in [0.15, 0.2) is 5.78 Å². The van der Waals surface area contributed by atoms with Gasteiger partial charge in [-0.2, -0.15) is 0 Å². The topological polar surface area (TPSA) is 63.6 Å². The third-order valence-electron chi connectivity index (χ3n) is 7.44. The highest BCUT2D eigenvalue weighted by atomic mass is 16.5. The highest BCUT2D eigenvalue weighted by Crippen LogP contribution is 2.61. The van der Waals surface area contributed by atoms with Crippen LogP contribution in [0.3, 0.4) is 0 Å². The third-order valence-corrected chi connectivity index (χ3v) is 7.44. The Kier molecular flexibility index (Phi) is 4.13. The normalized spacial score (nSPS) is 35.2. The van der Waals surface area contributed by atoms with Gasteiger partial charge >= 0.3 is 5.97 Å². The van der Waals surface area contributed by atoms with Gasteiger partial charge in [0, 0.05) is 12.3 Å². The molecule has 1 aromatic carbocycles. The van der Waals surface area contributed by atoms with Gasteiger partial charge < -0.3 is 9.84 Å². The number of aryl methyl sites for hydroxylation is 1. The second-order valence-corrected chi connectivity index (χ2v) is 8.76. The summed E-state index contributed by atoms with van der Waals surface area (Å²) in [5, 5.41) is 10.2. The van der Waals surface area contributed by atoms with Crippen molar-refractivity contribution < 1.29 is 19.4 Å². The minimum Gasteiger partial charge on any atom is -0.507 e. The second kappa shape index (κ2) is 6.11. The number of Topliss-reactive ketones (excluding diaryl/α,β-unsaturated/α-hetero) is 1. The van der Waals surface area contributed by atoms with Gasteiger partial charge in [0.25, 0.3) is 0 Å². The lowest BCUT2D eigenvalue weighted by molar-refractivity contribution is -0.154. The van der Waals surface area contributed by atoms with E-state index in [9.17, 15) is 14.7 Å². The number of aromatic hydroxyl groups is 1. The van der Waals surface area contributed by atoms with Crippen LogP contribution in [-0.4, -0.2) is 23.0 Å². The maximum Gasteiger partial charge on any atom is 0.302 e. The summed E-state index contributed by atoms with van der Waals surface area (Å²) in [6.07, 6.45) is 6.29. The predicted molar refractivity (Wildman–Crippen MR) is 98.3 cm³/mol. The van der Waals surface area contributed by atoms with E-state index < -0.39 is 0 Å². The fraction of sp³-hybridized carbons (Fsp3) is 0.636. The number of phenols is 1. The van der Waals surface area contributed by atoms with E-state index in [0.29, 0.717) is 23.3 Å². The Morgan fingerprint density at radius 1 is 1.15 bits per heavy atom. The summed E-state index contributed by atoms with van der Waals surface area (Å²) >= 11 is 0. The zero-order valence-electron chi connectivity index (χ0n) is 15.9. The predicted octanol–water partition coefficient (Wildman–Crippen LogP) is 4.38. The van der Waals surface area contributed by atoms with Crippen molar-refractivity contribution >= 4 is 11.8 Å². The molecule has 0 aromatic heterocycles. The maximum atomic E-state index is 11.9. The van der Waals surface area contributed by atoms with Crippen molar-refractivity contribution in [2.24, 2.45) is 17.3 Å². The van der Waals surface area contributed by atoms with Crippen LogP contribution in [0.5, 0.6) is 5.75 Å². The molecule has 0 amide bonds. The van der Waals surface area contributed by atoms with Gasteiger partial charge in [-0.3, -0.25) is 9.59 Å². The number of rotatable bonds is 2. The number of ketones is 1. The van der Waals surface area contributed by atoms with Crippen molar-refractivity contribution in [3.63, 3.8) is 0 Å². The molecule has 1 N–H and O–H groups in total. The highest BCUT2D eigenvalue weighted by molar-refractivity contribution is 5.97. The Morgan fingerprint density at radius 2 is 1.92 bits per heavy atom. The van der Waals surface area contributed by atoms with Crippen molar-refractivity contribution in [3.05, 3.63) is 28.8 Å². The molecule has 4 nitrogen and oxygen atoms in total. The Balaban J connectivity index is 1.67. The first-order chi connectivity index (χ1) is 12.3. The van der Waals surface area contributed by atoms with Crippen LogP contribution in [0, 0.1) is 17.3 Å². The lowest BCUT2D eigenvalue weighted by atomic mass is 9.55. The van der Waals surface area contributed by atoms with Crippen molar-refractivity contribution in [1.29, 1.82) is 0 Å². The van der Waals surface area contributed by atoms with Crippen molar-refractivity contribution in [2.75, 3.05) is 0 Å². The standard InChI is InChI=1S/C22H28O4/c1-12(23)17-11-18-14(10-20(17)25)4-5-16-15(18)8-9-22(3)19(16)6-7-21(22)26-13(2)24/h10-11,15-16,19,21,25H,4-9H2,1-3H3. The Labute approximate surface area is 154 Å². The number of ether oxygens (including phenoxy) is 1. The van der Waals surface area contributed by atoms with Gasteiger partial charge in [0.1, 0.15) is 11.9 Å². The average Bonchev–Trinajstić information content (AvgIpc) is 2.89. The van der Waals surface area contributed by atoms with E-state index in [-0.39, 0.29) is 29.0 Å². The molecule has 1 aromatic rings. The summed E-state index contributed by atoms with van der Waals surface area (Å²) in [5.74, 6) is 1.45. The SMILES string of the molecule is CC(=O)OC1CCC2C3CCc4cc(O)c(C(C)=O)cc4C3CCC12C. The molecular formula is C22H28O4. The first-order valence-electron chi connectivity index (χ1n) is 9.85. The van der Waals surface area contributed by atoms with E-state index in [1.807, 2.05) is 12.1 Å². The fourth-order valence-electron chi connectivity index (χ4n) is 6.24. The van der Waals surface area contributed by atoms with E-state index in [1.165, 1.54) is 25.0 Å². The summed E-state index contributed by atoms with van der Waals surface area (Å²) in [7, 11) is 0. The zero-order valence-corrected chi connectivity index (χ0v) is 15.9. The van der Waals surface area contributed by atoms with Gasteiger partial charge in [-0.25, -0.2) is 0 Å². The summed E-state index contributed by atoms with van der Waals surface area (Å²) in [6, 6.07) is 3.76. The number of carbonyl (C=O) groups excluding carboxylic acids is 2. The van der Waals surface area contributed by atoms with Gasteiger partial charge in [0.2, 0.25) is 0 Å². The van der Waals surface area contributed by atoms with E-state index in [2.05, 4.69) is 6.92 Å². The molecule has 26 heavy (non-hydrogen) atoms. The Hall–Kier alpha value is -1.84. The Morgan fingerprint density at radius 3 is 2.62 bits per heavy atom. The molecule has 3 aliphatic carbocycles. The summed E-state index contributed by atoms with van der Waals surface area (Å²) < 4.78 is 5.68. The van der Waals surface area contributed by atoms with E-state index in [0.717, 1.165) is 38.5 Å². The number of phenolic OH excluding ortho intramolecular Hbond substituents is 1. The molecule has 2 saturated carbocycles. The van der Waals surface area contributed by atoms with Gasteiger partial charge in [-0.1, -0.05) is 6.92 Å². The van der Waals surface area contributed by atoms with Crippen molar-refractivity contribution in [2.45, 2.75) is 71.3 Å². The number of benzene rings is 1. The molecule has 0 saturated heterocycles. The molecule has 4 rings (SSSR count). The number of esters is 1. The minimum absolute atomic E-state index is 0.0416. The lowest BCUT2D eigenvalue weighted by Gasteiger charge is -2.50. The summed E-state index contributed by atoms with van der Waals surface area (Å²) in [4.78, 5) is 23.4. The first-order valence-corrected chi connectivity index (χ1v) is 9.85. The van der Waals surface area contributed by atoms with E-state index >= 15 is 0 Å². The van der Waals surface area contributed by atoms with Gasteiger partial charge in [-0.15, -0.1) is 0 Å². The van der Waals surface area contributed by atoms with Crippen LogP contribution in [0.4, 0.5) is 0 Å². The number of carbonyl (C=O) groups is 2. The average molecular weight is 356 g/mol. The number of hydrogen-bond donors (Lipinski definition) is 1. The molecule has 4 heteroatoms. The van der Waals surface area contributed by atoms with Crippen LogP contribution in [0.25, 0.3) is 0 Å².